The van der Waals surface area contributed by atoms with E-state index in [0.717, 1.165) is 0 Å². The Morgan fingerprint density at radius 1 is 1.57 bits per heavy atom. The molecule has 0 aliphatic carbocycles. The van der Waals surface area contributed by atoms with E-state index in [9.17, 15) is 9.18 Å². The van der Waals surface area contributed by atoms with Crippen molar-refractivity contribution < 1.29 is 9.18 Å². The summed E-state index contributed by atoms with van der Waals surface area (Å²) in [4.78, 5) is 13.1. The van der Waals surface area contributed by atoms with Crippen molar-refractivity contribution in [3.8, 4) is 0 Å². The van der Waals surface area contributed by atoms with E-state index in [2.05, 4.69) is 0 Å². The molecule has 1 aliphatic rings. The van der Waals surface area contributed by atoms with Gasteiger partial charge in [0, 0.05) is 19.2 Å². The predicted molar refractivity (Wildman–Crippen MR) is 51.6 cm³/mol. The molecule has 0 saturated carbocycles. The fourth-order valence-electron chi connectivity index (χ4n) is 1.86. The fourth-order valence-corrected chi connectivity index (χ4v) is 1.86. The van der Waals surface area contributed by atoms with Crippen molar-refractivity contribution in [2.45, 2.75) is 5.92 Å². The number of amides is 1. The molecule has 1 amide bonds. The fraction of sp³-hybridized carbons (Fsp3) is 0.300. The van der Waals surface area contributed by atoms with Crippen LogP contribution in [0.5, 0.6) is 0 Å². The number of hydrogen-bond acceptors (Lipinski definition) is 2. The molecular formula is C10H11FN2O. The molecule has 2 rings (SSSR count). The van der Waals surface area contributed by atoms with Crippen LogP contribution in [0.4, 0.5) is 10.1 Å². The molecule has 0 fully saturated rings. The number of anilines is 1. The summed E-state index contributed by atoms with van der Waals surface area (Å²) in [6, 6.07) is 4.68. The molecule has 1 atom stereocenters. The Labute approximate surface area is 81.3 Å². The third-order valence-corrected chi connectivity index (χ3v) is 2.60. The van der Waals surface area contributed by atoms with Gasteiger partial charge in [0.15, 0.2) is 0 Å². The second kappa shape index (κ2) is 3.06. The highest BCUT2D eigenvalue weighted by atomic mass is 19.1. The van der Waals surface area contributed by atoms with Crippen molar-refractivity contribution in [2.75, 3.05) is 18.5 Å². The maximum absolute atomic E-state index is 13.4. The molecule has 2 N–H and O–H groups in total. The first-order valence-electron chi connectivity index (χ1n) is 4.43. The van der Waals surface area contributed by atoms with Crippen LogP contribution in [-0.2, 0) is 4.79 Å². The van der Waals surface area contributed by atoms with Gasteiger partial charge in [0.05, 0.1) is 11.6 Å². The van der Waals surface area contributed by atoms with E-state index in [0.29, 0.717) is 11.3 Å². The second-order valence-corrected chi connectivity index (χ2v) is 3.36. The third kappa shape index (κ3) is 1.04. The van der Waals surface area contributed by atoms with Crippen molar-refractivity contribution in [2.24, 2.45) is 5.73 Å². The van der Waals surface area contributed by atoms with Gasteiger partial charge in [-0.15, -0.1) is 0 Å². The van der Waals surface area contributed by atoms with Crippen molar-refractivity contribution in [3.05, 3.63) is 29.6 Å². The third-order valence-electron chi connectivity index (χ3n) is 2.60. The lowest BCUT2D eigenvalue weighted by molar-refractivity contribution is -0.118. The Balaban J connectivity index is 2.62. The highest BCUT2D eigenvalue weighted by Crippen LogP contribution is 2.37. The monoisotopic (exact) mass is 194 g/mol. The van der Waals surface area contributed by atoms with Gasteiger partial charge in [0.1, 0.15) is 5.82 Å². The van der Waals surface area contributed by atoms with Gasteiger partial charge < -0.3 is 10.6 Å². The van der Waals surface area contributed by atoms with Crippen LogP contribution in [0.2, 0.25) is 0 Å². The van der Waals surface area contributed by atoms with Crippen LogP contribution in [0, 0.1) is 5.82 Å². The van der Waals surface area contributed by atoms with Gasteiger partial charge in [0.2, 0.25) is 5.91 Å². The number of likely N-dealkylation sites (N-methyl/N-ethyl adjacent to an activating group) is 1. The first-order valence-corrected chi connectivity index (χ1v) is 4.43. The highest BCUT2D eigenvalue weighted by molar-refractivity contribution is 6.04. The lowest BCUT2D eigenvalue weighted by Crippen LogP contribution is -2.27. The lowest BCUT2D eigenvalue weighted by Gasteiger charge is -2.09. The highest BCUT2D eigenvalue weighted by Gasteiger charge is 2.36. The first-order chi connectivity index (χ1) is 6.66. The summed E-state index contributed by atoms with van der Waals surface area (Å²) in [5.41, 5.74) is 6.52. The first kappa shape index (κ1) is 9.15. The number of rotatable bonds is 1. The van der Waals surface area contributed by atoms with Crippen molar-refractivity contribution in [1.82, 2.24) is 0 Å². The maximum atomic E-state index is 13.4. The molecule has 1 aromatic carbocycles. The summed E-state index contributed by atoms with van der Waals surface area (Å²) in [5, 5.41) is 0. The van der Waals surface area contributed by atoms with Crippen LogP contribution in [0.3, 0.4) is 0 Å². The summed E-state index contributed by atoms with van der Waals surface area (Å²) >= 11 is 0. The number of benzene rings is 1. The normalized spacial score (nSPS) is 20.1. The number of fused-ring (bicyclic) bond motifs is 1. The van der Waals surface area contributed by atoms with E-state index < -0.39 is 5.92 Å². The summed E-state index contributed by atoms with van der Waals surface area (Å²) in [5.74, 6) is -1.00. The van der Waals surface area contributed by atoms with E-state index in [1.165, 1.54) is 11.0 Å². The van der Waals surface area contributed by atoms with Gasteiger partial charge in [-0.1, -0.05) is 6.07 Å². The zero-order chi connectivity index (χ0) is 10.3. The maximum Gasteiger partial charge on any atom is 0.235 e. The van der Waals surface area contributed by atoms with Crippen LogP contribution >= 0.6 is 0 Å². The SMILES string of the molecule is CN1C(=O)C(CN)c2c(F)cccc21. The number of carbonyl (C=O) groups excluding carboxylic acids is 1. The van der Waals surface area contributed by atoms with E-state index in [1.54, 1.807) is 19.2 Å². The second-order valence-electron chi connectivity index (χ2n) is 3.36. The van der Waals surface area contributed by atoms with Crippen LogP contribution in [0.25, 0.3) is 0 Å². The van der Waals surface area contributed by atoms with Crippen LogP contribution in [0.15, 0.2) is 18.2 Å². The van der Waals surface area contributed by atoms with Gasteiger partial charge in [-0.2, -0.15) is 0 Å². The van der Waals surface area contributed by atoms with Crippen LogP contribution in [0.1, 0.15) is 11.5 Å². The Morgan fingerprint density at radius 3 is 2.93 bits per heavy atom. The van der Waals surface area contributed by atoms with Crippen molar-refractivity contribution >= 4 is 11.6 Å². The number of nitrogens with two attached hydrogens (primary N) is 1. The molecule has 0 saturated heterocycles. The topological polar surface area (TPSA) is 46.3 Å². The minimum absolute atomic E-state index is 0.132. The van der Waals surface area contributed by atoms with Gasteiger partial charge in [-0.05, 0) is 12.1 Å². The molecule has 74 valence electrons. The zero-order valence-electron chi connectivity index (χ0n) is 7.83. The molecule has 3 nitrogen and oxygen atoms in total. The average Bonchev–Trinajstić information content (AvgIpc) is 2.43. The largest absolute Gasteiger partial charge is 0.329 e. The summed E-state index contributed by atoms with van der Waals surface area (Å²) in [6.07, 6.45) is 0. The van der Waals surface area contributed by atoms with Crippen LogP contribution in [-0.4, -0.2) is 19.5 Å². The average molecular weight is 194 g/mol. The van der Waals surface area contributed by atoms with Gasteiger partial charge in [-0.3, -0.25) is 4.79 Å². The number of carbonyl (C=O) groups is 1. The molecule has 0 bridgehead atoms. The molecular weight excluding hydrogens is 183 g/mol. The van der Waals surface area contributed by atoms with E-state index in [-0.39, 0.29) is 18.3 Å². The standard InChI is InChI=1S/C10H11FN2O/c1-13-8-4-2-3-7(11)9(8)6(5-12)10(13)14/h2-4,6H,5,12H2,1H3. The smallest absolute Gasteiger partial charge is 0.235 e. The number of halogens is 1. The molecule has 0 radical (unpaired) electrons. The minimum atomic E-state index is -0.517. The Kier molecular flexibility index (Phi) is 2.00. The Hall–Kier alpha value is -1.42. The zero-order valence-corrected chi connectivity index (χ0v) is 7.83. The number of hydrogen-bond donors (Lipinski definition) is 1. The quantitative estimate of drug-likeness (QED) is 0.720. The predicted octanol–water partition coefficient (Wildman–Crippen LogP) is 0.844. The van der Waals surface area contributed by atoms with Gasteiger partial charge in [0.25, 0.3) is 0 Å². The molecule has 1 aromatic rings. The lowest BCUT2D eigenvalue weighted by atomic mass is 10.0. The molecule has 1 aliphatic heterocycles. The van der Waals surface area contributed by atoms with E-state index >= 15 is 0 Å². The molecule has 0 aromatic heterocycles. The number of nitrogens with zero attached hydrogens (tertiary/aromatic N) is 1. The van der Waals surface area contributed by atoms with Gasteiger partial charge in [-0.25, -0.2) is 4.39 Å². The summed E-state index contributed by atoms with van der Waals surface area (Å²) < 4.78 is 13.4. The van der Waals surface area contributed by atoms with Crippen LogP contribution < -0.4 is 10.6 Å². The molecule has 1 heterocycles. The van der Waals surface area contributed by atoms with E-state index in [1.807, 2.05) is 0 Å². The van der Waals surface area contributed by atoms with Gasteiger partial charge >= 0.3 is 0 Å². The Morgan fingerprint density at radius 2 is 2.29 bits per heavy atom. The summed E-state index contributed by atoms with van der Waals surface area (Å²) in [6.45, 7) is 0.150. The summed E-state index contributed by atoms with van der Waals surface area (Å²) in [7, 11) is 1.64. The molecule has 1 unspecified atom stereocenters. The van der Waals surface area contributed by atoms with Crippen molar-refractivity contribution in [1.29, 1.82) is 0 Å². The van der Waals surface area contributed by atoms with Crippen molar-refractivity contribution in [3.63, 3.8) is 0 Å². The Bertz CT molecular complexity index is 392. The minimum Gasteiger partial charge on any atom is -0.329 e. The molecule has 0 spiro atoms. The van der Waals surface area contributed by atoms with E-state index in [4.69, 9.17) is 5.73 Å². The molecule has 14 heavy (non-hydrogen) atoms. The molecule has 4 heteroatoms.